The van der Waals surface area contributed by atoms with E-state index >= 15 is 0 Å². The first-order valence-corrected chi connectivity index (χ1v) is 5.25. The van der Waals surface area contributed by atoms with Gasteiger partial charge in [-0.1, -0.05) is 11.3 Å². The summed E-state index contributed by atoms with van der Waals surface area (Å²) in [5.41, 5.74) is 0.264. The van der Waals surface area contributed by atoms with Crippen LogP contribution in [-0.4, -0.2) is 23.8 Å². The lowest BCUT2D eigenvalue weighted by Gasteiger charge is -1.96. The van der Waals surface area contributed by atoms with Crippen molar-refractivity contribution in [3.8, 4) is 0 Å². The molecule has 7 heteroatoms. The van der Waals surface area contributed by atoms with Gasteiger partial charge in [0.2, 0.25) is 0 Å². The van der Waals surface area contributed by atoms with Gasteiger partial charge in [-0.2, -0.15) is 0 Å². The maximum absolute atomic E-state index is 11.5. The van der Waals surface area contributed by atoms with Crippen LogP contribution >= 0.6 is 11.3 Å². The van der Waals surface area contributed by atoms with Gasteiger partial charge in [0, 0.05) is 23.4 Å². The van der Waals surface area contributed by atoms with Gasteiger partial charge in [0.25, 0.3) is 0 Å². The van der Waals surface area contributed by atoms with Crippen molar-refractivity contribution in [2.75, 3.05) is 7.11 Å². The topological polar surface area (TPSA) is 86.5 Å². The van der Waals surface area contributed by atoms with Crippen LogP contribution in [0.2, 0.25) is 0 Å². The maximum Gasteiger partial charge on any atom is 0.324 e. The predicted octanol–water partition coefficient (Wildman–Crippen LogP) is 1.79. The fraction of sp³-hybridized carbons (Fsp3) is 0.333. The second kappa shape index (κ2) is 5.36. The molecule has 6 nitrogen and oxygen atoms in total. The van der Waals surface area contributed by atoms with Crippen LogP contribution in [0.1, 0.15) is 23.2 Å². The van der Waals surface area contributed by atoms with Crippen LogP contribution in [0.25, 0.3) is 0 Å². The van der Waals surface area contributed by atoms with Crippen molar-refractivity contribution >= 4 is 28.1 Å². The van der Waals surface area contributed by atoms with Crippen molar-refractivity contribution in [2.24, 2.45) is 0 Å². The van der Waals surface area contributed by atoms with E-state index in [1.807, 2.05) is 0 Å². The number of methoxy groups -OCH3 is 1. The van der Waals surface area contributed by atoms with Crippen LogP contribution in [0.15, 0.2) is 11.4 Å². The first-order valence-electron chi connectivity index (χ1n) is 4.37. The van der Waals surface area contributed by atoms with Gasteiger partial charge < -0.3 is 4.74 Å². The summed E-state index contributed by atoms with van der Waals surface area (Å²) in [5.74, 6) is -0.771. The fourth-order valence-corrected chi connectivity index (χ4v) is 1.76. The Hall–Kier alpha value is -1.76. The molecule has 0 unspecified atom stereocenters. The molecule has 0 amide bonds. The van der Waals surface area contributed by atoms with E-state index in [1.54, 1.807) is 0 Å². The summed E-state index contributed by atoms with van der Waals surface area (Å²) in [6.45, 7) is 0. The van der Waals surface area contributed by atoms with Gasteiger partial charge >= 0.3 is 11.0 Å². The zero-order valence-electron chi connectivity index (χ0n) is 8.47. The SMILES string of the molecule is COC(=O)CCC(=O)c1csc([N+](=O)[O-])c1. The van der Waals surface area contributed by atoms with Gasteiger partial charge in [0.15, 0.2) is 5.78 Å². The number of esters is 1. The molecule has 0 aliphatic heterocycles. The van der Waals surface area contributed by atoms with E-state index in [1.165, 1.54) is 18.6 Å². The molecule has 0 saturated carbocycles. The average Bonchev–Trinajstić information content (AvgIpc) is 2.74. The Bertz CT molecular complexity index is 425. The smallest absolute Gasteiger partial charge is 0.324 e. The number of rotatable bonds is 5. The van der Waals surface area contributed by atoms with E-state index in [0.717, 1.165) is 11.3 Å². The molecule has 1 heterocycles. The minimum absolute atomic E-state index is 0.000557. The molecule has 1 aromatic heterocycles. The zero-order chi connectivity index (χ0) is 12.1. The summed E-state index contributed by atoms with van der Waals surface area (Å²) in [6, 6.07) is 1.21. The molecule has 86 valence electrons. The number of hydrogen-bond acceptors (Lipinski definition) is 6. The van der Waals surface area contributed by atoms with Crippen molar-refractivity contribution in [3.05, 3.63) is 27.1 Å². The Morgan fingerprint density at radius 3 is 2.69 bits per heavy atom. The number of hydrogen-bond donors (Lipinski definition) is 0. The molecular weight excluding hydrogens is 234 g/mol. The van der Waals surface area contributed by atoms with Crippen LogP contribution in [0, 0.1) is 10.1 Å². The van der Waals surface area contributed by atoms with Crippen molar-refractivity contribution in [1.82, 2.24) is 0 Å². The van der Waals surface area contributed by atoms with Crippen LogP contribution in [0.3, 0.4) is 0 Å². The molecule has 1 rings (SSSR count). The summed E-state index contributed by atoms with van der Waals surface area (Å²) >= 11 is 0.890. The standard InChI is InChI=1S/C9H9NO5S/c1-15-9(12)3-2-7(11)6-4-8(10(13)14)16-5-6/h4-5H,2-3H2,1H3. The van der Waals surface area contributed by atoms with Crippen molar-refractivity contribution in [2.45, 2.75) is 12.8 Å². The molecule has 1 aromatic rings. The number of carbonyl (C=O) groups is 2. The highest BCUT2D eigenvalue weighted by Crippen LogP contribution is 2.23. The number of ether oxygens (including phenoxy) is 1. The monoisotopic (exact) mass is 243 g/mol. The fourth-order valence-electron chi connectivity index (χ4n) is 1.03. The van der Waals surface area contributed by atoms with Crippen molar-refractivity contribution < 1.29 is 19.2 Å². The highest BCUT2D eigenvalue weighted by Gasteiger charge is 2.15. The average molecular weight is 243 g/mol. The van der Waals surface area contributed by atoms with Gasteiger partial charge in [0.1, 0.15) is 0 Å². The third-order valence-electron chi connectivity index (χ3n) is 1.87. The third-order valence-corrected chi connectivity index (χ3v) is 2.75. The Kier molecular flexibility index (Phi) is 4.12. The Balaban J connectivity index is 2.59. The number of ketones is 1. The van der Waals surface area contributed by atoms with Crippen molar-refractivity contribution in [3.63, 3.8) is 0 Å². The predicted molar refractivity (Wildman–Crippen MR) is 56.6 cm³/mol. The van der Waals surface area contributed by atoms with E-state index < -0.39 is 10.9 Å². The zero-order valence-corrected chi connectivity index (χ0v) is 9.28. The molecule has 16 heavy (non-hydrogen) atoms. The second-order valence-corrected chi connectivity index (χ2v) is 3.82. The molecule has 0 N–H and O–H groups in total. The largest absolute Gasteiger partial charge is 0.469 e. The normalized spacial score (nSPS) is 9.81. The van der Waals surface area contributed by atoms with Crippen LogP contribution in [0.4, 0.5) is 5.00 Å². The maximum atomic E-state index is 11.5. The summed E-state index contributed by atoms with van der Waals surface area (Å²) in [6.07, 6.45) is -0.0143. The molecule has 0 saturated heterocycles. The second-order valence-electron chi connectivity index (χ2n) is 2.93. The summed E-state index contributed by atoms with van der Waals surface area (Å²) in [7, 11) is 1.24. The van der Waals surface area contributed by atoms with Gasteiger partial charge in [-0.15, -0.1) is 0 Å². The lowest BCUT2D eigenvalue weighted by Crippen LogP contribution is -2.05. The molecule has 0 fully saturated rings. The molecule has 0 aliphatic rings. The van der Waals surface area contributed by atoms with E-state index in [9.17, 15) is 19.7 Å². The van der Waals surface area contributed by atoms with Crippen LogP contribution in [0.5, 0.6) is 0 Å². The first kappa shape index (κ1) is 12.3. The van der Waals surface area contributed by atoms with Gasteiger partial charge in [0.05, 0.1) is 18.5 Å². The van der Waals surface area contributed by atoms with E-state index in [0.29, 0.717) is 0 Å². The summed E-state index contributed by atoms with van der Waals surface area (Å²) in [4.78, 5) is 32.1. The molecule has 0 atom stereocenters. The number of nitro groups is 1. The lowest BCUT2D eigenvalue weighted by atomic mass is 10.1. The minimum Gasteiger partial charge on any atom is -0.469 e. The molecule has 0 radical (unpaired) electrons. The van der Waals surface area contributed by atoms with Gasteiger partial charge in [-0.05, 0) is 0 Å². The molecule has 0 spiro atoms. The molecular formula is C9H9NO5S. The number of nitrogens with zero attached hydrogens (tertiary/aromatic N) is 1. The third kappa shape index (κ3) is 3.13. The summed E-state index contributed by atoms with van der Waals surface area (Å²) < 4.78 is 4.38. The van der Waals surface area contributed by atoms with E-state index in [-0.39, 0.29) is 29.2 Å². The highest BCUT2D eigenvalue weighted by atomic mass is 32.1. The first-order chi connectivity index (χ1) is 7.54. The van der Waals surface area contributed by atoms with E-state index in [2.05, 4.69) is 4.74 Å². The molecule has 0 aromatic carbocycles. The van der Waals surface area contributed by atoms with Gasteiger partial charge in [-0.3, -0.25) is 19.7 Å². The van der Waals surface area contributed by atoms with Crippen molar-refractivity contribution in [1.29, 1.82) is 0 Å². The molecule has 0 aliphatic carbocycles. The highest BCUT2D eigenvalue weighted by molar-refractivity contribution is 7.13. The molecule has 0 bridgehead atoms. The summed E-state index contributed by atoms with van der Waals surface area (Å²) in [5, 5.41) is 11.7. The Labute approximate surface area is 95.0 Å². The van der Waals surface area contributed by atoms with E-state index in [4.69, 9.17) is 0 Å². The quantitative estimate of drug-likeness (QED) is 0.340. The number of carbonyl (C=O) groups excluding carboxylic acids is 2. The minimum atomic E-state index is -0.554. The number of Topliss-reactive ketones (excluding diaryl/α,β-unsaturated/α-hetero) is 1. The van der Waals surface area contributed by atoms with Crippen LogP contribution < -0.4 is 0 Å². The van der Waals surface area contributed by atoms with Gasteiger partial charge in [-0.25, -0.2) is 0 Å². The lowest BCUT2D eigenvalue weighted by molar-refractivity contribution is -0.380. The Morgan fingerprint density at radius 2 is 2.19 bits per heavy atom. The number of thiophene rings is 1. The van der Waals surface area contributed by atoms with Crippen LogP contribution in [-0.2, 0) is 9.53 Å². The Morgan fingerprint density at radius 1 is 1.50 bits per heavy atom.